The summed E-state index contributed by atoms with van der Waals surface area (Å²) in [6, 6.07) is 7.75. The molecule has 0 spiro atoms. The van der Waals surface area contributed by atoms with Crippen LogP contribution >= 0.6 is 11.6 Å². The van der Waals surface area contributed by atoms with Gasteiger partial charge in [0.2, 0.25) is 0 Å². The number of benzene rings is 1. The standard InChI is InChI=1S/C15H16ClN5/c1-2-7-17-14-13-8-20-21(15(13)19-10-18-14)9-11-3-5-12(16)6-4-11/h3-6,8,10H,2,7,9H2,1H3,(H,17,18,19). The summed E-state index contributed by atoms with van der Waals surface area (Å²) in [4.78, 5) is 8.63. The first-order valence-corrected chi connectivity index (χ1v) is 7.30. The van der Waals surface area contributed by atoms with Crippen molar-refractivity contribution in [3.63, 3.8) is 0 Å². The molecule has 0 amide bonds. The fourth-order valence-electron chi connectivity index (χ4n) is 2.16. The first-order valence-electron chi connectivity index (χ1n) is 6.92. The number of halogens is 1. The van der Waals surface area contributed by atoms with E-state index in [1.807, 2.05) is 35.1 Å². The molecule has 2 aromatic heterocycles. The number of hydrogen-bond acceptors (Lipinski definition) is 4. The Labute approximate surface area is 128 Å². The molecule has 0 unspecified atom stereocenters. The largest absolute Gasteiger partial charge is 0.369 e. The Morgan fingerprint density at radius 3 is 2.76 bits per heavy atom. The van der Waals surface area contributed by atoms with Crippen LogP contribution in [0.2, 0.25) is 5.02 Å². The van der Waals surface area contributed by atoms with Crippen LogP contribution in [-0.2, 0) is 6.54 Å². The Bertz CT molecular complexity index is 735. The lowest BCUT2D eigenvalue weighted by Crippen LogP contribution is -2.05. The second kappa shape index (κ2) is 6.10. The Morgan fingerprint density at radius 2 is 2.00 bits per heavy atom. The molecule has 0 aliphatic heterocycles. The van der Waals surface area contributed by atoms with Crippen molar-refractivity contribution in [2.75, 3.05) is 11.9 Å². The summed E-state index contributed by atoms with van der Waals surface area (Å²) in [6.07, 6.45) is 4.42. The summed E-state index contributed by atoms with van der Waals surface area (Å²) in [5.74, 6) is 0.837. The fraction of sp³-hybridized carbons (Fsp3) is 0.267. The highest BCUT2D eigenvalue weighted by molar-refractivity contribution is 6.30. The van der Waals surface area contributed by atoms with Crippen molar-refractivity contribution in [1.29, 1.82) is 0 Å². The maximum atomic E-state index is 5.91. The van der Waals surface area contributed by atoms with Crippen LogP contribution in [0.3, 0.4) is 0 Å². The van der Waals surface area contributed by atoms with E-state index in [-0.39, 0.29) is 0 Å². The Kier molecular flexibility index (Phi) is 4.01. The van der Waals surface area contributed by atoms with Crippen LogP contribution in [0, 0.1) is 0 Å². The van der Waals surface area contributed by atoms with E-state index in [1.54, 1.807) is 6.33 Å². The number of fused-ring (bicyclic) bond motifs is 1. The molecule has 0 fully saturated rings. The number of nitrogens with zero attached hydrogens (tertiary/aromatic N) is 4. The van der Waals surface area contributed by atoms with E-state index in [4.69, 9.17) is 11.6 Å². The molecule has 0 aliphatic carbocycles. The third kappa shape index (κ3) is 2.97. The summed E-state index contributed by atoms with van der Waals surface area (Å²) in [5.41, 5.74) is 1.96. The molecule has 2 heterocycles. The van der Waals surface area contributed by atoms with Gasteiger partial charge < -0.3 is 5.32 Å². The van der Waals surface area contributed by atoms with Crippen molar-refractivity contribution in [1.82, 2.24) is 19.7 Å². The Morgan fingerprint density at radius 1 is 1.19 bits per heavy atom. The predicted octanol–water partition coefficient (Wildman–Crippen LogP) is 3.35. The lowest BCUT2D eigenvalue weighted by Gasteiger charge is -2.06. The lowest BCUT2D eigenvalue weighted by atomic mass is 10.2. The fourth-order valence-corrected chi connectivity index (χ4v) is 2.28. The molecular weight excluding hydrogens is 286 g/mol. The summed E-state index contributed by atoms with van der Waals surface area (Å²) >= 11 is 5.91. The van der Waals surface area contributed by atoms with Crippen LogP contribution in [0.4, 0.5) is 5.82 Å². The van der Waals surface area contributed by atoms with Crippen molar-refractivity contribution in [3.8, 4) is 0 Å². The molecular formula is C15H16ClN5. The Hall–Kier alpha value is -2.14. The molecule has 0 radical (unpaired) electrons. The van der Waals surface area contributed by atoms with Gasteiger partial charge in [-0.1, -0.05) is 30.7 Å². The van der Waals surface area contributed by atoms with Crippen LogP contribution in [-0.4, -0.2) is 26.3 Å². The van der Waals surface area contributed by atoms with Gasteiger partial charge in [0, 0.05) is 11.6 Å². The minimum absolute atomic E-state index is 0.658. The molecule has 0 bridgehead atoms. The number of hydrogen-bond donors (Lipinski definition) is 1. The number of rotatable bonds is 5. The van der Waals surface area contributed by atoms with Crippen molar-refractivity contribution in [3.05, 3.63) is 47.4 Å². The normalized spacial score (nSPS) is 11.0. The molecule has 0 aliphatic rings. The van der Waals surface area contributed by atoms with Crippen molar-refractivity contribution >= 4 is 28.5 Å². The summed E-state index contributed by atoms with van der Waals surface area (Å²) in [6.45, 7) is 3.66. The third-order valence-corrected chi connectivity index (χ3v) is 3.47. The molecule has 0 atom stereocenters. The van der Waals surface area contributed by atoms with E-state index < -0.39 is 0 Å². The molecule has 1 N–H and O–H groups in total. The lowest BCUT2D eigenvalue weighted by molar-refractivity contribution is 0.703. The number of aromatic nitrogens is 4. The van der Waals surface area contributed by atoms with E-state index in [0.29, 0.717) is 6.54 Å². The van der Waals surface area contributed by atoms with Crippen molar-refractivity contribution < 1.29 is 0 Å². The topological polar surface area (TPSA) is 55.6 Å². The minimum atomic E-state index is 0.658. The van der Waals surface area contributed by atoms with Crippen molar-refractivity contribution in [2.45, 2.75) is 19.9 Å². The maximum Gasteiger partial charge on any atom is 0.163 e. The van der Waals surface area contributed by atoms with Gasteiger partial charge in [0.1, 0.15) is 12.1 Å². The highest BCUT2D eigenvalue weighted by Gasteiger charge is 2.09. The average Bonchev–Trinajstić information content (AvgIpc) is 2.91. The molecule has 0 saturated carbocycles. The smallest absolute Gasteiger partial charge is 0.163 e. The molecule has 1 aromatic carbocycles. The SMILES string of the molecule is CCCNc1ncnc2c1cnn2Cc1ccc(Cl)cc1. The van der Waals surface area contributed by atoms with Gasteiger partial charge in [-0.15, -0.1) is 0 Å². The highest BCUT2D eigenvalue weighted by Crippen LogP contribution is 2.19. The van der Waals surface area contributed by atoms with Gasteiger partial charge in [-0.2, -0.15) is 5.10 Å². The minimum Gasteiger partial charge on any atom is -0.369 e. The number of anilines is 1. The van der Waals surface area contributed by atoms with Gasteiger partial charge in [-0.25, -0.2) is 14.6 Å². The Balaban J connectivity index is 1.91. The number of nitrogens with one attached hydrogen (secondary N) is 1. The van der Waals surface area contributed by atoms with Gasteiger partial charge in [0.15, 0.2) is 5.65 Å². The zero-order valence-corrected chi connectivity index (χ0v) is 12.5. The van der Waals surface area contributed by atoms with E-state index in [0.717, 1.165) is 40.4 Å². The monoisotopic (exact) mass is 301 g/mol. The summed E-state index contributed by atoms with van der Waals surface area (Å²) < 4.78 is 1.87. The second-order valence-electron chi connectivity index (χ2n) is 4.82. The quantitative estimate of drug-likeness (QED) is 0.785. The van der Waals surface area contributed by atoms with Crippen molar-refractivity contribution in [2.24, 2.45) is 0 Å². The summed E-state index contributed by atoms with van der Waals surface area (Å²) in [5, 5.41) is 9.40. The highest BCUT2D eigenvalue weighted by atomic mass is 35.5. The molecule has 5 nitrogen and oxygen atoms in total. The van der Waals surface area contributed by atoms with Crippen LogP contribution in [0.1, 0.15) is 18.9 Å². The first kappa shape index (κ1) is 13.8. The van der Waals surface area contributed by atoms with Gasteiger partial charge in [0.05, 0.1) is 18.1 Å². The van der Waals surface area contributed by atoms with Gasteiger partial charge in [-0.05, 0) is 24.1 Å². The molecule has 108 valence electrons. The van der Waals surface area contributed by atoms with Crippen LogP contribution in [0.25, 0.3) is 11.0 Å². The van der Waals surface area contributed by atoms with E-state index in [2.05, 4.69) is 27.3 Å². The predicted molar refractivity (Wildman–Crippen MR) is 84.7 cm³/mol. The van der Waals surface area contributed by atoms with Gasteiger partial charge >= 0.3 is 0 Å². The average molecular weight is 302 g/mol. The maximum absolute atomic E-state index is 5.91. The van der Waals surface area contributed by atoms with Crippen LogP contribution in [0.15, 0.2) is 36.8 Å². The van der Waals surface area contributed by atoms with Gasteiger partial charge in [-0.3, -0.25) is 0 Å². The molecule has 3 aromatic rings. The summed E-state index contributed by atoms with van der Waals surface area (Å²) in [7, 11) is 0. The van der Waals surface area contributed by atoms with Gasteiger partial charge in [0.25, 0.3) is 0 Å². The van der Waals surface area contributed by atoms with E-state index in [1.165, 1.54) is 0 Å². The third-order valence-electron chi connectivity index (χ3n) is 3.22. The molecule has 21 heavy (non-hydrogen) atoms. The van der Waals surface area contributed by atoms with E-state index in [9.17, 15) is 0 Å². The molecule has 6 heteroatoms. The molecule has 3 rings (SSSR count). The van der Waals surface area contributed by atoms with Crippen LogP contribution < -0.4 is 5.32 Å². The zero-order chi connectivity index (χ0) is 14.7. The van der Waals surface area contributed by atoms with Crippen LogP contribution in [0.5, 0.6) is 0 Å². The second-order valence-corrected chi connectivity index (χ2v) is 5.25. The first-order chi connectivity index (χ1) is 10.3. The molecule has 0 saturated heterocycles. The van der Waals surface area contributed by atoms with E-state index >= 15 is 0 Å². The zero-order valence-electron chi connectivity index (χ0n) is 11.8.